The minimum atomic E-state index is -4.05. The number of ether oxygens (including phenoxy) is 2. The normalized spacial score (nSPS) is 15.5. The number of hydrogen-bond acceptors (Lipinski definition) is 7. The Bertz CT molecular complexity index is 1230. The predicted molar refractivity (Wildman–Crippen MR) is 139 cm³/mol. The molecule has 1 saturated heterocycles. The molecule has 208 valence electrons. The molecule has 38 heavy (non-hydrogen) atoms. The van der Waals surface area contributed by atoms with Crippen LogP contribution < -0.4 is 20.1 Å². The zero-order chi connectivity index (χ0) is 27.9. The van der Waals surface area contributed by atoms with E-state index in [1.54, 1.807) is 0 Å². The van der Waals surface area contributed by atoms with E-state index >= 15 is 0 Å². The lowest BCUT2D eigenvalue weighted by Gasteiger charge is -2.27. The van der Waals surface area contributed by atoms with Gasteiger partial charge in [0.05, 0.1) is 19.3 Å². The first-order valence-corrected chi connectivity index (χ1v) is 13.7. The first kappa shape index (κ1) is 29.5. The van der Waals surface area contributed by atoms with Crippen molar-refractivity contribution >= 4 is 27.5 Å². The lowest BCUT2D eigenvalue weighted by Crippen LogP contribution is -2.46. The summed E-state index contributed by atoms with van der Waals surface area (Å²) >= 11 is 0. The second kappa shape index (κ2) is 12.7. The van der Waals surface area contributed by atoms with Crippen LogP contribution in [0.3, 0.4) is 0 Å². The molecular weight excluding hydrogens is 517 g/mol. The summed E-state index contributed by atoms with van der Waals surface area (Å²) in [6.45, 7) is 3.79. The minimum absolute atomic E-state index is 0.0135. The first-order chi connectivity index (χ1) is 17.9. The molecule has 12 heteroatoms. The van der Waals surface area contributed by atoms with Crippen molar-refractivity contribution in [2.24, 2.45) is 5.92 Å². The molecule has 0 radical (unpaired) electrons. The predicted octanol–water partition coefficient (Wildman–Crippen LogP) is 2.44. The molecule has 10 nitrogen and oxygen atoms in total. The second-order valence-corrected chi connectivity index (χ2v) is 11.5. The molecule has 1 aliphatic rings. The van der Waals surface area contributed by atoms with Crippen molar-refractivity contribution in [1.82, 2.24) is 10.0 Å². The highest BCUT2D eigenvalue weighted by Crippen LogP contribution is 2.29. The van der Waals surface area contributed by atoms with Gasteiger partial charge in [-0.25, -0.2) is 17.5 Å². The van der Waals surface area contributed by atoms with E-state index in [-0.39, 0.29) is 27.8 Å². The molecule has 2 aromatic rings. The maximum Gasteiger partial charge on any atom is 0.251 e. The molecule has 0 unspecified atom stereocenters. The molecule has 2 aromatic carbocycles. The Morgan fingerprint density at radius 3 is 2.42 bits per heavy atom. The van der Waals surface area contributed by atoms with Gasteiger partial charge in [0.1, 0.15) is 22.5 Å². The third kappa shape index (κ3) is 7.97. The zero-order valence-corrected chi connectivity index (χ0v) is 22.4. The molecule has 1 aliphatic heterocycles. The van der Waals surface area contributed by atoms with Gasteiger partial charge in [0.25, 0.3) is 5.91 Å². The van der Waals surface area contributed by atoms with Gasteiger partial charge in [-0.05, 0) is 75.4 Å². The summed E-state index contributed by atoms with van der Waals surface area (Å²) in [5.74, 6) is -1.36. The third-order valence-electron chi connectivity index (χ3n) is 6.16. The monoisotopic (exact) mass is 551 g/mol. The number of rotatable bonds is 11. The fraction of sp³-hybridized carbons (Fsp3) is 0.462. The first-order valence-electron chi connectivity index (χ1n) is 12.2. The average Bonchev–Trinajstić information content (AvgIpc) is 2.88. The molecule has 0 aliphatic carbocycles. The Balaban J connectivity index is 1.80. The van der Waals surface area contributed by atoms with Crippen LogP contribution in [0.4, 0.5) is 10.1 Å². The number of carbonyl (C=O) groups excluding carboxylic acids is 2. The molecule has 0 bridgehead atoms. The van der Waals surface area contributed by atoms with Crippen LogP contribution in [0.15, 0.2) is 47.4 Å². The van der Waals surface area contributed by atoms with Gasteiger partial charge < -0.3 is 25.2 Å². The summed E-state index contributed by atoms with van der Waals surface area (Å²) in [5.41, 5.74) is -0.623. The number of anilines is 1. The summed E-state index contributed by atoms with van der Waals surface area (Å²) < 4.78 is 52.1. The van der Waals surface area contributed by atoms with Crippen molar-refractivity contribution in [1.29, 1.82) is 0 Å². The van der Waals surface area contributed by atoms with Crippen LogP contribution in [0.1, 0.15) is 43.5 Å². The van der Waals surface area contributed by atoms with Crippen molar-refractivity contribution in [2.45, 2.75) is 49.6 Å². The molecule has 1 atom stereocenters. The molecule has 1 heterocycles. The van der Waals surface area contributed by atoms with Crippen LogP contribution in [0.25, 0.3) is 0 Å². The number of nitrogens with one attached hydrogen (secondary N) is 3. The Morgan fingerprint density at radius 2 is 1.82 bits per heavy atom. The topological polar surface area (TPSA) is 143 Å². The average molecular weight is 552 g/mol. The van der Waals surface area contributed by atoms with E-state index in [0.717, 1.165) is 12.8 Å². The highest BCUT2D eigenvalue weighted by atomic mass is 32.2. The number of aliphatic hydroxyl groups excluding tert-OH is 1. The van der Waals surface area contributed by atoms with Gasteiger partial charge in [0.15, 0.2) is 0 Å². The Hall–Kier alpha value is -3.06. The fourth-order valence-corrected chi connectivity index (χ4v) is 5.59. The number of hydrogen-bond donors (Lipinski definition) is 4. The maximum absolute atomic E-state index is 13.3. The quantitative estimate of drug-likeness (QED) is 0.336. The SMILES string of the molecule is COc1cc(NC(=O)[C@H](CC2CCOCC2)NC(=O)c2ccc(F)cc2)ccc1S(=O)(=O)NC(C)(C)CO. The van der Waals surface area contributed by atoms with Gasteiger partial charge >= 0.3 is 0 Å². The Kier molecular flexibility index (Phi) is 9.82. The van der Waals surface area contributed by atoms with Crippen molar-refractivity contribution < 1.29 is 37.0 Å². The fourth-order valence-electron chi connectivity index (χ4n) is 4.04. The van der Waals surface area contributed by atoms with Crippen molar-refractivity contribution in [3.63, 3.8) is 0 Å². The van der Waals surface area contributed by atoms with E-state index in [4.69, 9.17) is 9.47 Å². The molecule has 0 spiro atoms. The standard InChI is InChI=1S/C26H34FN3O7S/c1-26(2,16-31)30-38(34,35)23-9-8-20(15-22(23)36-3)28-25(33)21(14-17-10-12-37-13-11-17)29-24(32)18-4-6-19(27)7-5-18/h4-9,15,17,21,30-31H,10-14,16H2,1-3H3,(H,28,33)(H,29,32)/t21-/m0/s1. The number of carbonyl (C=O) groups is 2. The Morgan fingerprint density at radius 1 is 1.16 bits per heavy atom. The minimum Gasteiger partial charge on any atom is -0.495 e. The van der Waals surface area contributed by atoms with Crippen molar-refractivity contribution in [3.05, 3.63) is 53.8 Å². The largest absolute Gasteiger partial charge is 0.495 e. The van der Waals surface area contributed by atoms with Gasteiger partial charge in [-0.2, -0.15) is 0 Å². The van der Waals surface area contributed by atoms with Gasteiger partial charge in [0, 0.05) is 30.5 Å². The number of sulfonamides is 1. The van der Waals surface area contributed by atoms with Gasteiger partial charge in [-0.15, -0.1) is 0 Å². The van der Waals surface area contributed by atoms with Crippen LogP contribution in [0.5, 0.6) is 5.75 Å². The smallest absolute Gasteiger partial charge is 0.251 e. The van der Waals surface area contributed by atoms with Crippen LogP contribution in [-0.2, 0) is 19.6 Å². The van der Waals surface area contributed by atoms with E-state index in [1.807, 2.05) is 0 Å². The summed E-state index contributed by atoms with van der Waals surface area (Å²) in [5, 5.41) is 14.9. The van der Waals surface area contributed by atoms with Crippen LogP contribution >= 0.6 is 0 Å². The summed E-state index contributed by atoms with van der Waals surface area (Å²) in [6.07, 6.45) is 1.85. The van der Waals surface area contributed by atoms with Crippen LogP contribution in [0, 0.1) is 11.7 Å². The Labute approximate surface area is 222 Å². The zero-order valence-electron chi connectivity index (χ0n) is 21.6. The summed E-state index contributed by atoms with van der Waals surface area (Å²) in [4.78, 5) is 25.9. The van der Waals surface area contributed by atoms with E-state index in [9.17, 15) is 27.5 Å². The number of benzene rings is 2. The number of aliphatic hydroxyl groups is 1. The van der Waals surface area contributed by atoms with Gasteiger partial charge in [-0.3, -0.25) is 9.59 Å². The highest BCUT2D eigenvalue weighted by Gasteiger charge is 2.30. The van der Waals surface area contributed by atoms with E-state index in [2.05, 4.69) is 15.4 Å². The number of methoxy groups -OCH3 is 1. The van der Waals surface area contributed by atoms with E-state index in [1.165, 1.54) is 63.4 Å². The van der Waals surface area contributed by atoms with Gasteiger partial charge in [-0.1, -0.05) is 0 Å². The molecule has 1 fully saturated rings. The lowest BCUT2D eigenvalue weighted by molar-refractivity contribution is -0.118. The van der Waals surface area contributed by atoms with E-state index < -0.39 is 45.8 Å². The number of amides is 2. The number of halogens is 1. The van der Waals surface area contributed by atoms with Gasteiger partial charge in [0.2, 0.25) is 15.9 Å². The summed E-state index contributed by atoms with van der Waals surface area (Å²) in [6, 6.07) is 8.17. The van der Waals surface area contributed by atoms with E-state index in [0.29, 0.717) is 19.6 Å². The molecular formula is C26H34FN3O7S. The maximum atomic E-state index is 13.3. The third-order valence-corrected chi connectivity index (χ3v) is 7.90. The molecule has 3 rings (SSSR count). The second-order valence-electron chi connectivity index (χ2n) is 9.83. The molecule has 4 N–H and O–H groups in total. The molecule has 2 amide bonds. The van der Waals surface area contributed by atoms with Crippen molar-refractivity contribution in [3.8, 4) is 5.75 Å². The molecule has 0 saturated carbocycles. The van der Waals surface area contributed by atoms with Crippen LogP contribution in [0.2, 0.25) is 0 Å². The lowest BCUT2D eigenvalue weighted by atomic mass is 9.92. The summed E-state index contributed by atoms with van der Waals surface area (Å²) in [7, 11) is -2.75. The van der Waals surface area contributed by atoms with Crippen molar-refractivity contribution in [2.75, 3.05) is 32.2 Å². The highest BCUT2D eigenvalue weighted by molar-refractivity contribution is 7.89. The molecule has 0 aromatic heterocycles. The van der Waals surface area contributed by atoms with Crippen LogP contribution in [-0.4, -0.2) is 63.8 Å².